The molecule has 1 aliphatic rings. The molecule has 1 aliphatic carbocycles. The van der Waals surface area contributed by atoms with E-state index in [1.807, 2.05) is 0 Å². The highest BCUT2D eigenvalue weighted by molar-refractivity contribution is 7.89. The third-order valence-electron chi connectivity index (χ3n) is 3.64. The lowest BCUT2D eigenvalue weighted by atomic mass is 10.1. The molecule has 0 atom stereocenters. The van der Waals surface area contributed by atoms with E-state index in [2.05, 4.69) is 9.71 Å². The molecule has 0 radical (unpaired) electrons. The van der Waals surface area contributed by atoms with Crippen LogP contribution in [0.25, 0.3) is 0 Å². The van der Waals surface area contributed by atoms with Crippen LogP contribution in [0.5, 0.6) is 0 Å². The van der Waals surface area contributed by atoms with Crippen molar-refractivity contribution in [1.29, 1.82) is 0 Å². The summed E-state index contributed by atoms with van der Waals surface area (Å²) in [5.74, 6) is 0.681. The molecule has 1 fully saturated rings. The molecule has 1 aromatic heterocycles. The highest BCUT2D eigenvalue weighted by atomic mass is 32.2. The number of sulfonamides is 1. The molecule has 0 saturated heterocycles. The molecule has 6 heteroatoms. The third-order valence-corrected chi connectivity index (χ3v) is 5.08. The quantitative estimate of drug-likeness (QED) is 0.826. The maximum absolute atomic E-state index is 12.0. The second kappa shape index (κ2) is 6.45. The van der Waals surface area contributed by atoms with Crippen molar-refractivity contribution >= 4 is 10.0 Å². The summed E-state index contributed by atoms with van der Waals surface area (Å²) in [6, 6.07) is 3.19. The summed E-state index contributed by atoms with van der Waals surface area (Å²) in [7, 11) is -3.43. The summed E-state index contributed by atoms with van der Waals surface area (Å²) >= 11 is 0. The SMILES string of the molecule is NCc1ccc(S(=O)(=O)NCCC2CCCC2)cn1. The van der Waals surface area contributed by atoms with Crippen LogP contribution in [0.2, 0.25) is 0 Å². The zero-order valence-corrected chi connectivity index (χ0v) is 11.8. The van der Waals surface area contributed by atoms with Gasteiger partial charge in [0.2, 0.25) is 10.0 Å². The van der Waals surface area contributed by atoms with E-state index in [0.717, 1.165) is 6.42 Å². The minimum Gasteiger partial charge on any atom is -0.325 e. The van der Waals surface area contributed by atoms with E-state index < -0.39 is 10.0 Å². The van der Waals surface area contributed by atoms with Crippen molar-refractivity contribution < 1.29 is 8.42 Å². The van der Waals surface area contributed by atoms with Crippen LogP contribution in [-0.2, 0) is 16.6 Å². The first-order valence-corrected chi connectivity index (χ1v) is 8.25. The van der Waals surface area contributed by atoms with Gasteiger partial charge in [-0.25, -0.2) is 13.1 Å². The molecule has 0 amide bonds. The van der Waals surface area contributed by atoms with E-state index in [1.165, 1.54) is 31.9 Å². The zero-order valence-electron chi connectivity index (χ0n) is 11.0. The molecular formula is C13H21N3O2S. The van der Waals surface area contributed by atoms with E-state index >= 15 is 0 Å². The van der Waals surface area contributed by atoms with Crippen molar-refractivity contribution in [2.75, 3.05) is 6.54 Å². The number of aromatic nitrogens is 1. The molecule has 3 N–H and O–H groups in total. The second-order valence-electron chi connectivity index (χ2n) is 5.03. The number of hydrogen-bond acceptors (Lipinski definition) is 4. The zero-order chi connectivity index (χ0) is 13.7. The van der Waals surface area contributed by atoms with Gasteiger partial charge in [0.25, 0.3) is 0 Å². The molecule has 0 unspecified atom stereocenters. The molecule has 2 rings (SSSR count). The minimum absolute atomic E-state index is 0.205. The van der Waals surface area contributed by atoms with Gasteiger partial charge in [-0.3, -0.25) is 4.98 Å². The number of nitrogens with zero attached hydrogens (tertiary/aromatic N) is 1. The van der Waals surface area contributed by atoms with Crippen molar-refractivity contribution in [3.05, 3.63) is 24.0 Å². The molecule has 0 aromatic carbocycles. The minimum atomic E-state index is -3.43. The second-order valence-corrected chi connectivity index (χ2v) is 6.79. The fraction of sp³-hybridized carbons (Fsp3) is 0.615. The predicted octanol–water partition coefficient (Wildman–Crippen LogP) is 1.40. The Morgan fingerprint density at radius 2 is 2.05 bits per heavy atom. The van der Waals surface area contributed by atoms with E-state index in [9.17, 15) is 8.42 Å². The van der Waals surface area contributed by atoms with Gasteiger partial charge in [-0.1, -0.05) is 25.7 Å². The lowest BCUT2D eigenvalue weighted by Crippen LogP contribution is -2.26. The van der Waals surface area contributed by atoms with Crippen LogP contribution in [0.15, 0.2) is 23.2 Å². The van der Waals surface area contributed by atoms with Crippen molar-refractivity contribution in [1.82, 2.24) is 9.71 Å². The molecule has 1 saturated carbocycles. The molecule has 1 heterocycles. The first kappa shape index (κ1) is 14.4. The highest BCUT2D eigenvalue weighted by Crippen LogP contribution is 2.27. The third kappa shape index (κ3) is 3.99. The monoisotopic (exact) mass is 283 g/mol. The van der Waals surface area contributed by atoms with Gasteiger partial charge in [-0.2, -0.15) is 0 Å². The van der Waals surface area contributed by atoms with Crippen LogP contribution >= 0.6 is 0 Å². The Morgan fingerprint density at radius 3 is 2.63 bits per heavy atom. The molecule has 0 aliphatic heterocycles. The van der Waals surface area contributed by atoms with Crippen LogP contribution in [0.3, 0.4) is 0 Å². The summed E-state index contributed by atoms with van der Waals surface area (Å²) in [4.78, 5) is 4.21. The van der Waals surface area contributed by atoms with Gasteiger partial charge in [0.05, 0.1) is 5.69 Å². The highest BCUT2D eigenvalue weighted by Gasteiger charge is 2.17. The Bertz CT molecular complexity index is 493. The Balaban J connectivity index is 1.89. The van der Waals surface area contributed by atoms with Gasteiger partial charge in [-0.05, 0) is 24.5 Å². The van der Waals surface area contributed by atoms with E-state index in [1.54, 1.807) is 12.1 Å². The molecule has 0 spiro atoms. The maximum atomic E-state index is 12.0. The van der Waals surface area contributed by atoms with Crippen LogP contribution < -0.4 is 10.5 Å². The lowest BCUT2D eigenvalue weighted by molar-refractivity contribution is 0.495. The van der Waals surface area contributed by atoms with Crippen molar-refractivity contribution in [2.24, 2.45) is 11.7 Å². The van der Waals surface area contributed by atoms with Crippen LogP contribution in [-0.4, -0.2) is 19.9 Å². The van der Waals surface area contributed by atoms with Gasteiger partial charge in [0, 0.05) is 19.3 Å². The average molecular weight is 283 g/mol. The fourth-order valence-corrected chi connectivity index (χ4v) is 3.46. The first-order chi connectivity index (χ1) is 9.12. The van der Waals surface area contributed by atoms with E-state index in [4.69, 9.17) is 5.73 Å². The van der Waals surface area contributed by atoms with Crippen LogP contribution in [0.4, 0.5) is 0 Å². The average Bonchev–Trinajstić information content (AvgIpc) is 2.92. The number of nitrogens with two attached hydrogens (primary N) is 1. The maximum Gasteiger partial charge on any atom is 0.242 e. The normalized spacial score (nSPS) is 16.9. The lowest BCUT2D eigenvalue weighted by Gasteiger charge is -2.10. The first-order valence-electron chi connectivity index (χ1n) is 6.76. The van der Waals surface area contributed by atoms with Gasteiger partial charge in [-0.15, -0.1) is 0 Å². The van der Waals surface area contributed by atoms with E-state index in [-0.39, 0.29) is 4.90 Å². The molecule has 1 aromatic rings. The van der Waals surface area contributed by atoms with Gasteiger partial charge in [0.15, 0.2) is 0 Å². The summed E-state index contributed by atoms with van der Waals surface area (Å²) in [6.45, 7) is 0.821. The summed E-state index contributed by atoms with van der Waals surface area (Å²) in [6.07, 6.45) is 7.31. The van der Waals surface area contributed by atoms with E-state index in [0.29, 0.717) is 24.7 Å². The summed E-state index contributed by atoms with van der Waals surface area (Å²) < 4.78 is 26.7. The van der Waals surface area contributed by atoms with Gasteiger partial charge >= 0.3 is 0 Å². The Kier molecular flexibility index (Phi) is 4.90. The van der Waals surface area contributed by atoms with Crippen molar-refractivity contribution in [2.45, 2.75) is 43.5 Å². The smallest absolute Gasteiger partial charge is 0.242 e. The Labute approximate surface area is 114 Å². The summed E-state index contributed by atoms with van der Waals surface area (Å²) in [5, 5.41) is 0. The number of pyridine rings is 1. The molecule has 19 heavy (non-hydrogen) atoms. The fourth-order valence-electron chi connectivity index (χ4n) is 2.47. The molecular weight excluding hydrogens is 262 g/mol. The molecule has 0 bridgehead atoms. The largest absolute Gasteiger partial charge is 0.325 e. The van der Waals surface area contributed by atoms with Crippen LogP contribution in [0.1, 0.15) is 37.8 Å². The van der Waals surface area contributed by atoms with Crippen LogP contribution in [0, 0.1) is 5.92 Å². The van der Waals surface area contributed by atoms with Gasteiger partial charge < -0.3 is 5.73 Å². The number of rotatable bonds is 6. The number of hydrogen-bond donors (Lipinski definition) is 2. The Morgan fingerprint density at radius 1 is 1.32 bits per heavy atom. The topological polar surface area (TPSA) is 85.1 Å². The molecule has 5 nitrogen and oxygen atoms in total. The van der Waals surface area contributed by atoms with Crippen molar-refractivity contribution in [3.63, 3.8) is 0 Å². The number of nitrogens with one attached hydrogen (secondary N) is 1. The molecule has 106 valence electrons. The Hall–Kier alpha value is -0.980. The van der Waals surface area contributed by atoms with Crippen molar-refractivity contribution in [3.8, 4) is 0 Å². The van der Waals surface area contributed by atoms with Gasteiger partial charge in [0.1, 0.15) is 4.90 Å². The predicted molar refractivity (Wildman–Crippen MR) is 73.9 cm³/mol. The standard InChI is InChI=1S/C13H21N3O2S/c14-9-12-5-6-13(10-15-12)19(17,18)16-8-7-11-3-1-2-4-11/h5-6,10-11,16H,1-4,7-9,14H2. The summed E-state index contributed by atoms with van der Waals surface area (Å²) in [5.41, 5.74) is 6.12.